The molecule has 2 aliphatic rings. The molecule has 1 atom stereocenters. The molecule has 0 spiro atoms. The Balaban J connectivity index is 1.28. The maximum Gasteiger partial charge on any atom is 0.303 e. The molecular formula is C35H45N5O5. The SMILES string of the molecule is COc1ccc(C(=O)N(CC(C)(C)C)c2cc(C)cnn2)c(N2CCC(COc3cc(C(CC(=O)O)C4CC4)ccn3)CC2)c1. The van der Waals surface area contributed by atoms with Crippen LogP contribution in [0.15, 0.2) is 48.8 Å². The largest absolute Gasteiger partial charge is 0.497 e. The number of aromatic nitrogens is 3. The Bertz CT molecular complexity index is 1490. The van der Waals surface area contributed by atoms with E-state index in [2.05, 4.69) is 40.9 Å². The van der Waals surface area contributed by atoms with Crippen LogP contribution in [0.5, 0.6) is 11.6 Å². The fraction of sp³-hybridized carbons (Fsp3) is 0.514. The molecule has 1 aliphatic carbocycles. The number of carbonyl (C=O) groups excluding carboxylic acids is 1. The van der Waals surface area contributed by atoms with E-state index in [1.807, 2.05) is 43.3 Å². The standard InChI is InChI=1S/C35H45N5O5/c1-23-16-31(38-37-20-23)40(22-35(2,3)4)34(43)28-9-8-27(44-5)18-30(28)39-14-11-24(12-15-39)21-45-32-17-26(10-13-36-32)29(19-33(41)42)25-6-7-25/h8-10,13,16-18,20,24-25,29H,6-7,11-12,14-15,19,21-22H2,1-5H3,(H,41,42). The number of carboxylic acid groups (broad SMARTS) is 1. The van der Waals surface area contributed by atoms with E-state index in [9.17, 15) is 14.7 Å². The second-order valence-electron chi connectivity index (χ2n) is 13.6. The molecule has 5 rings (SSSR count). The fourth-order valence-electron chi connectivity index (χ4n) is 6.06. The Morgan fingerprint density at radius 1 is 1.09 bits per heavy atom. The Kier molecular flexibility index (Phi) is 9.90. The number of amides is 1. The summed E-state index contributed by atoms with van der Waals surface area (Å²) in [6, 6.07) is 11.4. The first kappa shape index (κ1) is 32.2. The lowest BCUT2D eigenvalue weighted by Crippen LogP contribution is -2.41. The average molecular weight is 616 g/mol. The van der Waals surface area contributed by atoms with Crippen LogP contribution in [0.25, 0.3) is 0 Å². The summed E-state index contributed by atoms with van der Waals surface area (Å²) in [5.41, 5.74) is 3.22. The van der Waals surface area contributed by atoms with Gasteiger partial charge in [0.2, 0.25) is 5.88 Å². The van der Waals surface area contributed by atoms with E-state index in [1.54, 1.807) is 24.4 Å². The van der Waals surface area contributed by atoms with Gasteiger partial charge in [-0.2, -0.15) is 5.10 Å². The van der Waals surface area contributed by atoms with Gasteiger partial charge in [0.25, 0.3) is 5.91 Å². The van der Waals surface area contributed by atoms with Crippen molar-refractivity contribution in [1.29, 1.82) is 0 Å². The number of hydrogen-bond acceptors (Lipinski definition) is 8. The number of pyridine rings is 1. The molecule has 10 nitrogen and oxygen atoms in total. The summed E-state index contributed by atoms with van der Waals surface area (Å²) < 4.78 is 11.7. The van der Waals surface area contributed by atoms with Crippen molar-refractivity contribution in [3.05, 3.63) is 65.5 Å². The molecule has 0 bridgehead atoms. The highest BCUT2D eigenvalue weighted by atomic mass is 16.5. The van der Waals surface area contributed by atoms with Gasteiger partial charge < -0.3 is 19.5 Å². The minimum atomic E-state index is -0.774. The smallest absolute Gasteiger partial charge is 0.303 e. The number of carbonyl (C=O) groups is 2. The molecule has 1 saturated carbocycles. The van der Waals surface area contributed by atoms with E-state index in [0.717, 1.165) is 55.6 Å². The van der Waals surface area contributed by atoms with Crippen LogP contribution in [-0.4, -0.2) is 65.5 Å². The number of methoxy groups -OCH3 is 1. The minimum absolute atomic E-state index is 0.00754. The first-order chi connectivity index (χ1) is 21.5. The third kappa shape index (κ3) is 8.49. The Labute approximate surface area is 265 Å². The van der Waals surface area contributed by atoms with Crippen LogP contribution in [0.1, 0.15) is 80.3 Å². The molecule has 1 aliphatic heterocycles. The van der Waals surface area contributed by atoms with Crippen molar-refractivity contribution < 1.29 is 24.2 Å². The van der Waals surface area contributed by atoms with Gasteiger partial charge in [-0.25, -0.2) is 4.98 Å². The summed E-state index contributed by atoms with van der Waals surface area (Å²) in [4.78, 5) is 34.1. The molecule has 0 radical (unpaired) electrons. The van der Waals surface area contributed by atoms with Crippen LogP contribution in [-0.2, 0) is 4.79 Å². The molecule has 1 aromatic carbocycles. The molecule has 240 valence electrons. The first-order valence-electron chi connectivity index (χ1n) is 15.9. The summed E-state index contributed by atoms with van der Waals surface area (Å²) in [6.45, 7) is 10.8. The van der Waals surface area contributed by atoms with E-state index in [1.165, 1.54) is 0 Å². The van der Waals surface area contributed by atoms with Crippen LogP contribution >= 0.6 is 0 Å². The van der Waals surface area contributed by atoms with Crippen molar-refractivity contribution in [3.8, 4) is 11.6 Å². The molecular weight excluding hydrogens is 570 g/mol. The number of nitrogens with zero attached hydrogens (tertiary/aromatic N) is 5. The Hall–Kier alpha value is -4.21. The zero-order valence-corrected chi connectivity index (χ0v) is 27.0. The van der Waals surface area contributed by atoms with E-state index >= 15 is 0 Å². The summed E-state index contributed by atoms with van der Waals surface area (Å²) >= 11 is 0. The van der Waals surface area contributed by atoms with Crippen molar-refractivity contribution >= 4 is 23.4 Å². The van der Waals surface area contributed by atoms with Crippen LogP contribution in [0.4, 0.5) is 11.5 Å². The number of piperidine rings is 1. The van der Waals surface area contributed by atoms with E-state index in [-0.39, 0.29) is 23.7 Å². The lowest BCUT2D eigenvalue weighted by Gasteiger charge is -2.36. The minimum Gasteiger partial charge on any atom is -0.497 e. The Morgan fingerprint density at radius 2 is 1.84 bits per heavy atom. The molecule has 3 heterocycles. The molecule has 1 amide bonds. The summed E-state index contributed by atoms with van der Waals surface area (Å²) in [5.74, 6) is 1.66. The fourth-order valence-corrected chi connectivity index (χ4v) is 6.06. The first-order valence-corrected chi connectivity index (χ1v) is 15.9. The molecule has 45 heavy (non-hydrogen) atoms. The van der Waals surface area contributed by atoms with Gasteiger partial charge in [0, 0.05) is 38.0 Å². The maximum absolute atomic E-state index is 14.2. The zero-order chi connectivity index (χ0) is 32.1. The van der Waals surface area contributed by atoms with Crippen molar-refractivity contribution in [2.24, 2.45) is 17.3 Å². The highest BCUT2D eigenvalue weighted by Gasteiger charge is 2.34. The quantitative estimate of drug-likeness (QED) is 0.256. The van der Waals surface area contributed by atoms with Gasteiger partial charge in [0.05, 0.1) is 37.6 Å². The topological polar surface area (TPSA) is 118 Å². The highest BCUT2D eigenvalue weighted by molar-refractivity contribution is 6.09. The molecule has 1 N–H and O–H groups in total. The average Bonchev–Trinajstić information content (AvgIpc) is 3.86. The van der Waals surface area contributed by atoms with Crippen molar-refractivity contribution in [2.45, 2.75) is 65.7 Å². The molecule has 3 aromatic rings. The molecule has 2 fully saturated rings. The van der Waals surface area contributed by atoms with Gasteiger partial charge in [-0.3, -0.25) is 14.5 Å². The number of benzene rings is 1. The lowest BCUT2D eigenvalue weighted by atomic mass is 9.92. The molecule has 1 saturated heterocycles. The number of carboxylic acids is 1. The normalized spacial score (nSPS) is 16.2. The summed E-state index contributed by atoms with van der Waals surface area (Å²) in [5, 5.41) is 17.8. The third-order valence-electron chi connectivity index (χ3n) is 8.56. The molecule has 1 unspecified atom stereocenters. The Morgan fingerprint density at radius 3 is 2.49 bits per heavy atom. The molecule has 2 aromatic heterocycles. The van der Waals surface area contributed by atoms with Crippen molar-refractivity contribution in [2.75, 3.05) is 43.2 Å². The number of aryl methyl sites for hydroxylation is 1. The van der Waals surface area contributed by atoms with E-state index < -0.39 is 5.97 Å². The van der Waals surface area contributed by atoms with Crippen molar-refractivity contribution in [1.82, 2.24) is 15.2 Å². The predicted molar refractivity (Wildman–Crippen MR) is 173 cm³/mol. The van der Waals surface area contributed by atoms with Crippen molar-refractivity contribution in [3.63, 3.8) is 0 Å². The van der Waals surface area contributed by atoms with E-state index in [4.69, 9.17) is 9.47 Å². The highest BCUT2D eigenvalue weighted by Crippen LogP contribution is 2.45. The van der Waals surface area contributed by atoms with Gasteiger partial charge in [-0.15, -0.1) is 5.10 Å². The van der Waals surface area contributed by atoms with Crippen LogP contribution < -0.4 is 19.3 Å². The zero-order valence-electron chi connectivity index (χ0n) is 27.0. The second kappa shape index (κ2) is 13.8. The van der Waals surface area contributed by atoms with Gasteiger partial charge >= 0.3 is 5.97 Å². The van der Waals surface area contributed by atoms with Gasteiger partial charge in [0.15, 0.2) is 5.82 Å². The number of aliphatic carboxylic acids is 1. The van der Waals surface area contributed by atoms with Gasteiger partial charge in [0.1, 0.15) is 5.75 Å². The molecule has 10 heteroatoms. The van der Waals surface area contributed by atoms with Gasteiger partial charge in [-0.05, 0) is 91.2 Å². The lowest BCUT2D eigenvalue weighted by molar-refractivity contribution is -0.137. The second-order valence-corrected chi connectivity index (χ2v) is 13.6. The predicted octanol–water partition coefficient (Wildman–Crippen LogP) is 6.15. The monoisotopic (exact) mass is 615 g/mol. The summed E-state index contributed by atoms with van der Waals surface area (Å²) in [6.07, 6.45) is 7.47. The number of ether oxygens (including phenoxy) is 2. The number of hydrogen-bond donors (Lipinski definition) is 1. The number of rotatable bonds is 12. The maximum atomic E-state index is 14.2. The van der Waals surface area contributed by atoms with Gasteiger partial charge in [-0.1, -0.05) is 20.8 Å². The van der Waals surface area contributed by atoms with Crippen LogP contribution in [0.2, 0.25) is 0 Å². The summed E-state index contributed by atoms with van der Waals surface area (Å²) in [7, 11) is 1.63. The third-order valence-corrected chi connectivity index (χ3v) is 8.56. The van der Waals surface area contributed by atoms with E-state index in [0.29, 0.717) is 48.0 Å². The van der Waals surface area contributed by atoms with Crippen LogP contribution in [0.3, 0.4) is 0 Å². The van der Waals surface area contributed by atoms with Crippen LogP contribution in [0, 0.1) is 24.2 Å². The number of anilines is 2.